The second-order valence-corrected chi connectivity index (χ2v) is 3.07. The molecule has 1 atom stereocenters. The van der Waals surface area contributed by atoms with Crippen molar-refractivity contribution in [2.24, 2.45) is 0 Å². The molecule has 1 heterocycles. The van der Waals surface area contributed by atoms with E-state index >= 15 is 0 Å². The summed E-state index contributed by atoms with van der Waals surface area (Å²) in [6, 6.07) is 7.51. The molecule has 0 saturated carbocycles. The summed E-state index contributed by atoms with van der Waals surface area (Å²) in [7, 11) is 1.61. The highest BCUT2D eigenvalue weighted by Gasteiger charge is 2.23. The van der Waals surface area contributed by atoms with Gasteiger partial charge in [0.1, 0.15) is 12.4 Å². The van der Waals surface area contributed by atoms with Gasteiger partial charge in [0.25, 0.3) is 0 Å². The fraction of sp³-hybridized carbons (Fsp3) is 0.300. The van der Waals surface area contributed by atoms with Gasteiger partial charge < -0.3 is 14.8 Å². The quantitative estimate of drug-likeness (QED) is 0.773. The lowest BCUT2D eigenvalue weighted by molar-refractivity contribution is 0.177. The Labute approximate surface area is 81.8 Å². The van der Waals surface area contributed by atoms with Crippen LogP contribution in [-0.2, 0) is 4.74 Å². The highest BCUT2D eigenvalue weighted by atomic mass is 16.6. The maximum Gasteiger partial charge on any atom is 0.407 e. The average Bonchev–Trinajstić information content (AvgIpc) is 2.65. The van der Waals surface area contributed by atoms with Crippen LogP contribution in [0.3, 0.4) is 0 Å². The lowest BCUT2D eigenvalue weighted by atomic mass is 10.1. The molecule has 1 aliphatic rings. The normalized spacial score (nSPS) is 20.1. The van der Waals surface area contributed by atoms with Crippen molar-refractivity contribution < 1.29 is 14.3 Å². The van der Waals surface area contributed by atoms with Crippen molar-refractivity contribution in [1.29, 1.82) is 0 Å². The first-order valence-electron chi connectivity index (χ1n) is 4.37. The van der Waals surface area contributed by atoms with Gasteiger partial charge in [0.2, 0.25) is 0 Å². The molecule has 2 rings (SSSR count). The van der Waals surface area contributed by atoms with E-state index in [1.165, 1.54) is 0 Å². The molecule has 0 aromatic heterocycles. The van der Waals surface area contributed by atoms with E-state index < -0.39 is 0 Å². The van der Waals surface area contributed by atoms with Gasteiger partial charge in [-0.15, -0.1) is 0 Å². The monoisotopic (exact) mass is 193 g/mol. The van der Waals surface area contributed by atoms with Gasteiger partial charge in [0, 0.05) is 0 Å². The molecule has 1 aromatic rings. The van der Waals surface area contributed by atoms with Crippen molar-refractivity contribution in [2.75, 3.05) is 13.7 Å². The third-order valence-electron chi connectivity index (χ3n) is 2.17. The number of amides is 1. The Kier molecular flexibility index (Phi) is 2.26. The molecule has 0 radical (unpaired) electrons. The zero-order valence-electron chi connectivity index (χ0n) is 7.82. The van der Waals surface area contributed by atoms with Gasteiger partial charge in [0.05, 0.1) is 13.2 Å². The average molecular weight is 193 g/mol. The molecule has 4 nitrogen and oxygen atoms in total. The SMILES string of the molecule is COc1cccc([C@@H]2COC(=O)N2)c1. The molecule has 1 N–H and O–H groups in total. The van der Waals surface area contributed by atoms with Crippen molar-refractivity contribution in [3.05, 3.63) is 29.8 Å². The largest absolute Gasteiger partial charge is 0.497 e. The summed E-state index contributed by atoms with van der Waals surface area (Å²) in [5, 5.41) is 2.70. The summed E-state index contributed by atoms with van der Waals surface area (Å²) in [4.78, 5) is 10.8. The Morgan fingerprint density at radius 2 is 2.43 bits per heavy atom. The molecular weight excluding hydrogens is 182 g/mol. The Morgan fingerprint density at radius 3 is 3.07 bits per heavy atom. The van der Waals surface area contributed by atoms with Gasteiger partial charge in [-0.2, -0.15) is 0 Å². The van der Waals surface area contributed by atoms with Gasteiger partial charge >= 0.3 is 6.09 Å². The van der Waals surface area contributed by atoms with Crippen molar-refractivity contribution in [3.8, 4) is 5.75 Å². The van der Waals surface area contributed by atoms with E-state index in [4.69, 9.17) is 9.47 Å². The zero-order valence-corrected chi connectivity index (χ0v) is 7.82. The second kappa shape index (κ2) is 3.57. The third-order valence-corrected chi connectivity index (χ3v) is 2.17. The molecule has 0 aliphatic carbocycles. The van der Waals surface area contributed by atoms with Gasteiger partial charge in [-0.25, -0.2) is 4.79 Å². The number of hydrogen-bond acceptors (Lipinski definition) is 3. The smallest absolute Gasteiger partial charge is 0.407 e. The van der Waals surface area contributed by atoms with E-state index in [1.807, 2.05) is 24.3 Å². The van der Waals surface area contributed by atoms with E-state index in [1.54, 1.807) is 7.11 Å². The van der Waals surface area contributed by atoms with Crippen LogP contribution in [0.25, 0.3) is 0 Å². The Hall–Kier alpha value is -1.71. The lowest BCUT2D eigenvalue weighted by Crippen LogP contribution is -2.18. The molecule has 1 saturated heterocycles. The van der Waals surface area contributed by atoms with Crippen LogP contribution < -0.4 is 10.1 Å². The van der Waals surface area contributed by atoms with E-state index in [0.29, 0.717) is 6.61 Å². The van der Waals surface area contributed by atoms with Gasteiger partial charge in [-0.1, -0.05) is 12.1 Å². The molecule has 1 amide bonds. The number of carbonyl (C=O) groups excluding carboxylic acids is 1. The van der Waals surface area contributed by atoms with Crippen LogP contribution in [0, 0.1) is 0 Å². The number of nitrogens with one attached hydrogen (secondary N) is 1. The summed E-state index contributed by atoms with van der Waals surface area (Å²) < 4.78 is 9.89. The summed E-state index contributed by atoms with van der Waals surface area (Å²) in [5.74, 6) is 0.781. The third kappa shape index (κ3) is 1.64. The van der Waals surface area contributed by atoms with Crippen LogP contribution in [0.2, 0.25) is 0 Å². The Bertz CT molecular complexity index is 351. The molecule has 4 heteroatoms. The van der Waals surface area contributed by atoms with Crippen LogP contribution >= 0.6 is 0 Å². The summed E-state index contributed by atoms with van der Waals surface area (Å²) >= 11 is 0. The molecule has 0 bridgehead atoms. The second-order valence-electron chi connectivity index (χ2n) is 3.07. The molecule has 1 aliphatic heterocycles. The van der Waals surface area contributed by atoms with Crippen LogP contribution in [0.15, 0.2) is 24.3 Å². The minimum atomic E-state index is -0.363. The number of methoxy groups -OCH3 is 1. The maximum atomic E-state index is 10.8. The standard InChI is InChI=1S/C10H11NO3/c1-13-8-4-2-3-7(5-8)9-6-14-10(12)11-9/h2-5,9H,6H2,1H3,(H,11,12)/t9-/m0/s1. The molecule has 0 spiro atoms. The zero-order chi connectivity index (χ0) is 9.97. The minimum Gasteiger partial charge on any atom is -0.497 e. The first kappa shape index (κ1) is 8.87. The van der Waals surface area contributed by atoms with Crippen LogP contribution in [-0.4, -0.2) is 19.8 Å². The number of benzene rings is 1. The number of hydrogen-bond donors (Lipinski definition) is 1. The summed E-state index contributed by atoms with van der Waals surface area (Å²) in [6.45, 7) is 0.381. The summed E-state index contributed by atoms with van der Waals surface area (Å²) in [6.07, 6.45) is -0.363. The lowest BCUT2D eigenvalue weighted by Gasteiger charge is -2.08. The number of carbonyl (C=O) groups is 1. The van der Waals surface area contributed by atoms with Crippen molar-refractivity contribution in [1.82, 2.24) is 5.32 Å². The van der Waals surface area contributed by atoms with Crippen molar-refractivity contribution in [2.45, 2.75) is 6.04 Å². The number of alkyl carbamates (subject to hydrolysis) is 1. The maximum absolute atomic E-state index is 10.8. The van der Waals surface area contributed by atoms with Crippen molar-refractivity contribution in [3.63, 3.8) is 0 Å². The molecule has 74 valence electrons. The number of rotatable bonds is 2. The predicted octanol–water partition coefficient (Wildman–Crippen LogP) is 1.48. The fourth-order valence-corrected chi connectivity index (χ4v) is 1.42. The van der Waals surface area contributed by atoms with Crippen LogP contribution in [0.1, 0.15) is 11.6 Å². The Balaban J connectivity index is 2.19. The van der Waals surface area contributed by atoms with Gasteiger partial charge in [-0.3, -0.25) is 0 Å². The topological polar surface area (TPSA) is 47.6 Å². The van der Waals surface area contributed by atoms with Gasteiger partial charge in [0.15, 0.2) is 0 Å². The highest BCUT2D eigenvalue weighted by Crippen LogP contribution is 2.21. The van der Waals surface area contributed by atoms with Gasteiger partial charge in [-0.05, 0) is 17.7 Å². The molecule has 0 unspecified atom stereocenters. The van der Waals surface area contributed by atoms with E-state index in [9.17, 15) is 4.79 Å². The van der Waals surface area contributed by atoms with Crippen LogP contribution in [0.5, 0.6) is 5.75 Å². The van der Waals surface area contributed by atoms with E-state index in [-0.39, 0.29) is 12.1 Å². The first-order chi connectivity index (χ1) is 6.79. The molecule has 1 fully saturated rings. The summed E-state index contributed by atoms with van der Waals surface area (Å²) in [5.41, 5.74) is 0.996. The minimum absolute atomic E-state index is 0.0578. The Morgan fingerprint density at radius 1 is 1.57 bits per heavy atom. The number of cyclic esters (lactones) is 1. The molecule has 14 heavy (non-hydrogen) atoms. The first-order valence-corrected chi connectivity index (χ1v) is 4.37. The molecule has 1 aromatic carbocycles. The van der Waals surface area contributed by atoms with Crippen LogP contribution in [0.4, 0.5) is 4.79 Å². The van der Waals surface area contributed by atoms with E-state index in [2.05, 4.69) is 5.32 Å². The van der Waals surface area contributed by atoms with Crippen molar-refractivity contribution >= 4 is 6.09 Å². The highest BCUT2D eigenvalue weighted by molar-refractivity contribution is 5.70. The van der Waals surface area contributed by atoms with E-state index in [0.717, 1.165) is 11.3 Å². The number of ether oxygens (including phenoxy) is 2. The molecular formula is C10H11NO3. The fourth-order valence-electron chi connectivity index (χ4n) is 1.42. The predicted molar refractivity (Wildman–Crippen MR) is 50.2 cm³/mol.